The minimum absolute atomic E-state index is 0.0615. The van der Waals surface area contributed by atoms with Crippen molar-refractivity contribution in [3.8, 4) is 0 Å². The highest BCUT2D eigenvalue weighted by Gasteiger charge is 2.49. The van der Waals surface area contributed by atoms with Crippen LogP contribution in [-0.2, 0) is 4.79 Å². The Morgan fingerprint density at radius 3 is 2.40 bits per heavy atom. The van der Waals surface area contributed by atoms with Crippen molar-refractivity contribution in [3.63, 3.8) is 0 Å². The van der Waals surface area contributed by atoms with E-state index in [2.05, 4.69) is 0 Å². The van der Waals surface area contributed by atoms with Crippen LogP contribution in [0.4, 0.5) is 5.69 Å². The molecule has 0 spiro atoms. The summed E-state index contributed by atoms with van der Waals surface area (Å²) in [7, 11) is 0. The van der Waals surface area contributed by atoms with E-state index in [0.717, 1.165) is 5.69 Å². The summed E-state index contributed by atoms with van der Waals surface area (Å²) in [6.07, 6.45) is 0. The van der Waals surface area contributed by atoms with Gasteiger partial charge in [-0.05, 0) is 12.1 Å². The Kier molecular flexibility index (Phi) is 2.65. The highest BCUT2D eigenvalue weighted by molar-refractivity contribution is 6.60. The molecule has 0 N–H and O–H groups in total. The minimum atomic E-state index is -1.28. The molecule has 1 saturated heterocycles. The molecule has 15 heavy (non-hydrogen) atoms. The number of amides is 1. The van der Waals surface area contributed by atoms with Crippen molar-refractivity contribution >= 4 is 34.8 Å². The monoisotopic (exact) mass is 243 g/mol. The number of benzene rings is 1. The fourth-order valence-electron chi connectivity index (χ4n) is 1.69. The maximum Gasteiger partial charge on any atom is 0.263 e. The quantitative estimate of drug-likeness (QED) is 0.695. The second kappa shape index (κ2) is 3.69. The molecule has 2 rings (SSSR count). The molecule has 4 heteroatoms. The molecule has 2 nitrogen and oxygen atoms in total. The summed E-state index contributed by atoms with van der Waals surface area (Å²) in [6, 6.07) is 9.42. The molecule has 1 fully saturated rings. The van der Waals surface area contributed by atoms with Gasteiger partial charge in [0, 0.05) is 18.2 Å². The molecule has 1 aromatic rings. The number of carbonyl (C=O) groups excluding carboxylic acids is 1. The smallest absolute Gasteiger partial charge is 0.263 e. The number of hydrogen-bond acceptors (Lipinski definition) is 1. The Morgan fingerprint density at radius 1 is 1.33 bits per heavy atom. The van der Waals surface area contributed by atoms with Crippen LogP contribution in [0.25, 0.3) is 0 Å². The van der Waals surface area contributed by atoms with Gasteiger partial charge in [0.2, 0.25) is 4.33 Å². The largest absolute Gasteiger partial charge is 0.309 e. The van der Waals surface area contributed by atoms with E-state index in [1.54, 1.807) is 4.90 Å². The summed E-state index contributed by atoms with van der Waals surface area (Å²) in [5.74, 6) is -0.293. The molecule has 0 aromatic heterocycles. The summed E-state index contributed by atoms with van der Waals surface area (Å²) >= 11 is 12.0. The van der Waals surface area contributed by atoms with Crippen LogP contribution in [0.1, 0.15) is 6.92 Å². The number of hydrogen-bond donors (Lipinski definition) is 0. The maximum absolute atomic E-state index is 11.9. The predicted octanol–water partition coefficient (Wildman–Crippen LogP) is 2.84. The highest BCUT2D eigenvalue weighted by atomic mass is 35.5. The molecule has 1 amide bonds. The average Bonchev–Trinajstić information content (AvgIpc) is 2.44. The number of anilines is 1. The van der Waals surface area contributed by atoms with E-state index < -0.39 is 4.33 Å². The summed E-state index contributed by atoms with van der Waals surface area (Å²) in [5.41, 5.74) is 0.845. The molecule has 1 heterocycles. The molecule has 0 saturated carbocycles. The van der Waals surface area contributed by atoms with E-state index in [4.69, 9.17) is 23.2 Å². The first-order chi connectivity index (χ1) is 7.03. The van der Waals surface area contributed by atoms with E-state index >= 15 is 0 Å². The second-order valence-electron chi connectivity index (χ2n) is 3.78. The van der Waals surface area contributed by atoms with Gasteiger partial charge in [0.25, 0.3) is 5.91 Å². The lowest BCUT2D eigenvalue weighted by Gasteiger charge is -2.17. The molecular formula is C11H11Cl2NO. The van der Waals surface area contributed by atoms with Crippen molar-refractivity contribution in [2.24, 2.45) is 5.92 Å². The Morgan fingerprint density at radius 2 is 1.93 bits per heavy atom. The summed E-state index contributed by atoms with van der Waals surface area (Å²) < 4.78 is -1.28. The number of para-hydroxylation sites is 1. The molecule has 0 bridgehead atoms. The first-order valence-electron chi connectivity index (χ1n) is 4.78. The zero-order valence-corrected chi connectivity index (χ0v) is 9.79. The van der Waals surface area contributed by atoms with Gasteiger partial charge in [0.05, 0.1) is 0 Å². The third kappa shape index (κ3) is 1.72. The van der Waals surface area contributed by atoms with Crippen molar-refractivity contribution in [3.05, 3.63) is 30.3 Å². The Labute approximate surface area is 98.8 Å². The lowest BCUT2D eigenvalue weighted by Crippen LogP contribution is -2.32. The zero-order chi connectivity index (χ0) is 11.1. The first kappa shape index (κ1) is 10.8. The zero-order valence-electron chi connectivity index (χ0n) is 8.28. The molecule has 1 aliphatic heterocycles. The van der Waals surface area contributed by atoms with Crippen LogP contribution in [0.5, 0.6) is 0 Å². The number of alkyl halides is 2. The molecule has 1 atom stereocenters. The molecule has 1 aromatic carbocycles. The fourth-order valence-corrected chi connectivity index (χ4v) is 2.03. The Hall–Kier alpha value is -0.730. The SMILES string of the molecule is CC1CN(c2ccccc2)C(=O)C1(Cl)Cl. The van der Waals surface area contributed by atoms with Crippen LogP contribution in [0.2, 0.25) is 0 Å². The minimum Gasteiger partial charge on any atom is -0.309 e. The topological polar surface area (TPSA) is 20.3 Å². The van der Waals surface area contributed by atoms with E-state index in [1.807, 2.05) is 37.3 Å². The number of rotatable bonds is 1. The maximum atomic E-state index is 11.9. The highest BCUT2D eigenvalue weighted by Crippen LogP contribution is 2.40. The van der Waals surface area contributed by atoms with E-state index in [-0.39, 0.29) is 11.8 Å². The van der Waals surface area contributed by atoms with Gasteiger partial charge in [0.1, 0.15) is 0 Å². The van der Waals surface area contributed by atoms with Crippen molar-refractivity contribution < 1.29 is 4.79 Å². The van der Waals surface area contributed by atoms with Crippen LogP contribution in [0.15, 0.2) is 30.3 Å². The van der Waals surface area contributed by atoms with Crippen molar-refractivity contribution in [2.45, 2.75) is 11.3 Å². The van der Waals surface area contributed by atoms with Gasteiger partial charge < -0.3 is 4.90 Å². The van der Waals surface area contributed by atoms with Gasteiger partial charge in [0.15, 0.2) is 0 Å². The molecule has 1 unspecified atom stereocenters. The number of halogens is 2. The van der Waals surface area contributed by atoms with Crippen molar-refractivity contribution in [1.29, 1.82) is 0 Å². The second-order valence-corrected chi connectivity index (χ2v) is 5.16. The van der Waals surface area contributed by atoms with Crippen LogP contribution in [-0.4, -0.2) is 16.8 Å². The number of carbonyl (C=O) groups is 1. The molecular weight excluding hydrogens is 233 g/mol. The summed E-state index contributed by atoms with van der Waals surface area (Å²) in [6.45, 7) is 2.44. The first-order valence-corrected chi connectivity index (χ1v) is 5.54. The Balaban J connectivity index is 2.32. The third-order valence-electron chi connectivity index (χ3n) is 2.67. The fraction of sp³-hybridized carbons (Fsp3) is 0.364. The van der Waals surface area contributed by atoms with Crippen molar-refractivity contribution in [1.82, 2.24) is 0 Å². The summed E-state index contributed by atoms with van der Waals surface area (Å²) in [4.78, 5) is 13.5. The lowest BCUT2D eigenvalue weighted by molar-refractivity contribution is -0.117. The average molecular weight is 244 g/mol. The Bertz CT molecular complexity index is 377. The molecule has 80 valence electrons. The number of nitrogens with zero attached hydrogens (tertiary/aromatic N) is 1. The molecule has 0 aliphatic carbocycles. The van der Waals surface area contributed by atoms with Gasteiger partial charge in [-0.3, -0.25) is 4.79 Å². The van der Waals surface area contributed by atoms with Crippen molar-refractivity contribution in [2.75, 3.05) is 11.4 Å². The van der Waals surface area contributed by atoms with Gasteiger partial charge >= 0.3 is 0 Å². The lowest BCUT2D eigenvalue weighted by atomic mass is 10.1. The van der Waals surface area contributed by atoms with Gasteiger partial charge in [-0.15, -0.1) is 0 Å². The van der Waals surface area contributed by atoms with E-state index in [1.165, 1.54) is 0 Å². The molecule has 0 radical (unpaired) electrons. The molecule has 1 aliphatic rings. The van der Waals surface area contributed by atoms with Crippen LogP contribution in [0.3, 0.4) is 0 Å². The van der Waals surface area contributed by atoms with E-state index in [9.17, 15) is 4.79 Å². The standard InChI is InChI=1S/C11H11Cl2NO/c1-8-7-14(10(15)11(8,12)13)9-5-3-2-4-6-9/h2-6,8H,7H2,1H3. The van der Waals surface area contributed by atoms with Gasteiger partial charge in [-0.1, -0.05) is 48.3 Å². The third-order valence-corrected chi connectivity index (χ3v) is 3.74. The predicted molar refractivity (Wildman–Crippen MR) is 62.4 cm³/mol. The van der Waals surface area contributed by atoms with E-state index in [0.29, 0.717) is 6.54 Å². The van der Waals surface area contributed by atoms with Crippen LogP contribution in [0, 0.1) is 5.92 Å². The van der Waals surface area contributed by atoms with Crippen LogP contribution < -0.4 is 4.90 Å². The van der Waals surface area contributed by atoms with Gasteiger partial charge in [-0.25, -0.2) is 0 Å². The normalized spacial score (nSPS) is 24.6. The van der Waals surface area contributed by atoms with Crippen LogP contribution >= 0.6 is 23.2 Å². The van der Waals surface area contributed by atoms with Gasteiger partial charge in [-0.2, -0.15) is 0 Å². The summed E-state index contributed by atoms with van der Waals surface area (Å²) in [5, 5.41) is 0.